The van der Waals surface area contributed by atoms with Gasteiger partial charge in [-0.1, -0.05) is 48.0 Å². The minimum absolute atomic E-state index is 0.687. The second kappa shape index (κ2) is 5.08. The Balaban J connectivity index is 2.00. The molecule has 2 nitrogen and oxygen atoms in total. The molecule has 0 aliphatic rings. The largest absolute Gasteiger partial charge is 0.456 e. The van der Waals surface area contributed by atoms with Gasteiger partial charge in [0.25, 0.3) is 0 Å². The van der Waals surface area contributed by atoms with Crippen LogP contribution in [0, 0.1) is 0 Å². The molecule has 108 valence electrons. The average Bonchev–Trinajstić information content (AvgIpc) is 2.91. The maximum Gasteiger partial charge on any atom is 0.135 e. The van der Waals surface area contributed by atoms with Crippen molar-refractivity contribution in [3.63, 3.8) is 0 Å². The van der Waals surface area contributed by atoms with Crippen LogP contribution < -0.4 is 5.73 Å². The maximum absolute atomic E-state index is 6.31. The second-order valence-electron chi connectivity index (χ2n) is 5.37. The van der Waals surface area contributed by atoms with Gasteiger partial charge in [-0.25, -0.2) is 0 Å². The molecule has 0 aliphatic heterocycles. The van der Waals surface area contributed by atoms with Crippen LogP contribution in [0.3, 0.4) is 0 Å². The minimum Gasteiger partial charge on any atom is -0.456 e. The number of hydrogen-bond donors (Lipinski definition) is 1. The highest BCUT2D eigenvalue weighted by Gasteiger charge is 2.14. The van der Waals surface area contributed by atoms with Crippen LogP contribution in [0.25, 0.3) is 21.9 Å². The number of nitrogens with two attached hydrogens (primary N) is 1. The van der Waals surface area contributed by atoms with Crippen LogP contribution in [0.5, 0.6) is 0 Å². The van der Waals surface area contributed by atoms with Gasteiger partial charge in [0.15, 0.2) is 0 Å². The molecule has 0 saturated heterocycles. The molecule has 0 aliphatic carbocycles. The van der Waals surface area contributed by atoms with Crippen molar-refractivity contribution in [2.75, 3.05) is 5.73 Å². The quantitative estimate of drug-likeness (QED) is 0.503. The van der Waals surface area contributed by atoms with Crippen molar-refractivity contribution in [2.24, 2.45) is 0 Å². The smallest absolute Gasteiger partial charge is 0.135 e. The molecule has 0 unspecified atom stereocenters. The van der Waals surface area contributed by atoms with Crippen molar-refractivity contribution >= 4 is 39.2 Å². The minimum atomic E-state index is 0.687. The highest BCUT2D eigenvalue weighted by molar-refractivity contribution is 6.31. The summed E-state index contributed by atoms with van der Waals surface area (Å²) < 4.78 is 5.93. The van der Waals surface area contributed by atoms with Crippen LogP contribution in [-0.4, -0.2) is 0 Å². The Kier molecular flexibility index (Phi) is 3.05. The zero-order valence-electron chi connectivity index (χ0n) is 11.8. The Bertz CT molecular complexity index is 987. The van der Waals surface area contributed by atoms with E-state index in [1.807, 2.05) is 54.6 Å². The number of nitrogen functional groups attached to an aromatic ring is 1. The summed E-state index contributed by atoms with van der Waals surface area (Å²) in [7, 11) is 0. The number of hydrogen-bond acceptors (Lipinski definition) is 2. The molecule has 1 heterocycles. The summed E-state index contributed by atoms with van der Waals surface area (Å²) >= 11 is 6.31. The van der Waals surface area contributed by atoms with Crippen molar-refractivity contribution in [1.29, 1.82) is 0 Å². The second-order valence-corrected chi connectivity index (χ2v) is 5.78. The van der Waals surface area contributed by atoms with E-state index in [0.717, 1.165) is 43.8 Å². The molecule has 0 atom stereocenters. The van der Waals surface area contributed by atoms with Crippen molar-refractivity contribution in [2.45, 2.75) is 6.42 Å². The summed E-state index contributed by atoms with van der Waals surface area (Å²) in [6, 6.07) is 19.7. The molecule has 0 radical (unpaired) electrons. The molecule has 3 aromatic carbocycles. The third kappa shape index (κ3) is 2.04. The van der Waals surface area contributed by atoms with Gasteiger partial charge < -0.3 is 10.2 Å². The molecule has 0 saturated carbocycles. The van der Waals surface area contributed by atoms with Crippen molar-refractivity contribution in [1.82, 2.24) is 0 Å². The van der Waals surface area contributed by atoms with E-state index in [2.05, 4.69) is 6.07 Å². The molecule has 4 rings (SSSR count). The summed E-state index contributed by atoms with van der Waals surface area (Å²) in [6.07, 6.45) is 0.687. The van der Waals surface area contributed by atoms with Gasteiger partial charge in [-0.2, -0.15) is 0 Å². The predicted molar refractivity (Wildman–Crippen MR) is 92.4 cm³/mol. The predicted octanol–water partition coefficient (Wildman–Crippen LogP) is 5.41. The van der Waals surface area contributed by atoms with E-state index in [1.165, 1.54) is 0 Å². The third-order valence-corrected chi connectivity index (χ3v) is 4.38. The molecule has 0 fully saturated rings. The van der Waals surface area contributed by atoms with Gasteiger partial charge in [0.1, 0.15) is 11.2 Å². The fourth-order valence-electron chi connectivity index (χ4n) is 2.93. The van der Waals surface area contributed by atoms with Crippen LogP contribution in [0.4, 0.5) is 5.69 Å². The van der Waals surface area contributed by atoms with Crippen LogP contribution in [0.15, 0.2) is 65.1 Å². The first-order chi connectivity index (χ1) is 10.7. The highest BCUT2D eigenvalue weighted by atomic mass is 35.5. The number of furan rings is 1. The molecule has 3 heteroatoms. The van der Waals surface area contributed by atoms with E-state index in [1.54, 1.807) is 0 Å². The summed E-state index contributed by atoms with van der Waals surface area (Å²) in [6.45, 7) is 0. The van der Waals surface area contributed by atoms with Crippen molar-refractivity contribution in [3.05, 3.63) is 76.8 Å². The lowest BCUT2D eigenvalue weighted by Gasteiger charge is -2.09. The summed E-state index contributed by atoms with van der Waals surface area (Å²) in [5.74, 6) is 0. The zero-order valence-corrected chi connectivity index (χ0v) is 12.6. The molecular formula is C19H14ClNO. The Morgan fingerprint density at radius 1 is 0.864 bits per heavy atom. The van der Waals surface area contributed by atoms with Gasteiger partial charge in [-0.05, 0) is 35.4 Å². The first kappa shape index (κ1) is 13.2. The molecular weight excluding hydrogens is 294 g/mol. The summed E-state index contributed by atoms with van der Waals surface area (Å²) in [5.41, 5.74) is 10.9. The van der Waals surface area contributed by atoms with Crippen LogP contribution in [0.1, 0.15) is 11.1 Å². The molecule has 0 bridgehead atoms. The SMILES string of the molecule is Nc1ccc2oc3ccccc3c2c1Cc1ccccc1Cl. The van der Waals surface area contributed by atoms with Crippen molar-refractivity contribution < 1.29 is 4.42 Å². The summed E-state index contributed by atoms with van der Waals surface area (Å²) in [5, 5.41) is 2.93. The number of rotatable bonds is 2. The average molecular weight is 308 g/mol. The van der Waals surface area contributed by atoms with E-state index in [9.17, 15) is 0 Å². The number of halogens is 1. The molecule has 0 amide bonds. The molecule has 4 aromatic rings. The van der Waals surface area contributed by atoms with Gasteiger partial charge in [0.2, 0.25) is 0 Å². The van der Waals surface area contributed by atoms with Crippen molar-refractivity contribution in [3.8, 4) is 0 Å². The van der Waals surface area contributed by atoms with Crippen LogP contribution in [-0.2, 0) is 6.42 Å². The Hall–Kier alpha value is -2.45. The van der Waals surface area contributed by atoms with Crippen LogP contribution >= 0.6 is 11.6 Å². The van der Waals surface area contributed by atoms with Gasteiger partial charge in [-0.3, -0.25) is 0 Å². The molecule has 0 spiro atoms. The van der Waals surface area contributed by atoms with Gasteiger partial charge in [0, 0.05) is 27.9 Å². The summed E-state index contributed by atoms with van der Waals surface area (Å²) in [4.78, 5) is 0. The third-order valence-electron chi connectivity index (χ3n) is 4.01. The fourth-order valence-corrected chi connectivity index (χ4v) is 3.13. The Morgan fingerprint density at radius 3 is 2.50 bits per heavy atom. The zero-order chi connectivity index (χ0) is 15.1. The molecule has 1 aromatic heterocycles. The topological polar surface area (TPSA) is 39.2 Å². The van der Waals surface area contributed by atoms with E-state index in [4.69, 9.17) is 21.8 Å². The van der Waals surface area contributed by atoms with E-state index >= 15 is 0 Å². The molecule has 22 heavy (non-hydrogen) atoms. The van der Waals surface area contributed by atoms with Crippen LogP contribution in [0.2, 0.25) is 5.02 Å². The van der Waals surface area contributed by atoms with Gasteiger partial charge in [0.05, 0.1) is 0 Å². The first-order valence-electron chi connectivity index (χ1n) is 7.16. The van der Waals surface area contributed by atoms with Gasteiger partial charge >= 0.3 is 0 Å². The molecule has 2 N–H and O–H groups in total. The number of para-hydroxylation sites is 1. The first-order valence-corrected chi connectivity index (χ1v) is 7.54. The Labute approximate surface area is 133 Å². The lowest BCUT2D eigenvalue weighted by Crippen LogP contribution is -1.97. The Morgan fingerprint density at radius 2 is 1.64 bits per heavy atom. The number of benzene rings is 3. The van der Waals surface area contributed by atoms with Gasteiger partial charge in [-0.15, -0.1) is 0 Å². The number of fused-ring (bicyclic) bond motifs is 3. The van der Waals surface area contributed by atoms with E-state index in [-0.39, 0.29) is 0 Å². The fraction of sp³-hybridized carbons (Fsp3) is 0.0526. The van der Waals surface area contributed by atoms with E-state index in [0.29, 0.717) is 6.42 Å². The monoisotopic (exact) mass is 307 g/mol. The highest BCUT2D eigenvalue weighted by Crippen LogP contribution is 2.35. The van der Waals surface area contributed by atoms with E-state index < -0.39 is 0 Å². The maximum atomic E-state index is 6.31. The standard InChI is InChI=1S/C19H14ClNO/c20-15-7-3-1-5-12(15)11-14-16(21)9-10-18-19(14)13-6-2-4-8-17(13)22-18/h1-10H,11,21H2. The lowest BCUT2D eigenvalue weighted by molar-refractivity contribution is 0.669. The number of anilines is 1. The lowest BCUT2D eigenvalue weighted by atomic mass is 9.98. The normalized spacial score (nSPS) is 11.3.